The molecule has 0 saturated carbocycles. The number of halogens is 2. The Kier molecular flexibility index (Phi) is 3.59. The van der Waals surface area contributed by atoms with Gasteiger partial charge in [-0.1, -0.05) is 18.5 Å². The molecule has 0 fully saturated rings. The van der Waals surface area contributed by atoms with Crippen molar-refractivity contribution in [1.82, 2.24) is 19.5 Å². The maximum absolute atomic E-state index is 13.1. The van der Waals surface area contributed by atoms with Crippen LogP contribution in [0, 0.1) is 12.7 Å². The molecule has 3 aromatic rings. The zero-order valence-electron chi connectivity index (χ0n) is 11.8. The molecule has 0 bridgehead atoms. The van der Waals surface area contributed by atoms with E-state index in [1.165, 1.54) is 12.1 Å². The van der Waals surface area contributed by atoms with Crippen LogP contribution < -0.4 is 0 Å². The van der Waals surface area contributed by atoms with Gasteiger partial charge in [-0.3, -0.25) is 0 Å². The Morgan fingerprint density at radius 1 is 1.14 bits per heavy atom. The number of hydrogen-bond donors (Lipinski definition) is 0. The average molecular weight is 305 g/mol. The van der Waals surface area contributed by atoms with Crippen LogP contribution in [0.2, 0.25) is 5.15 Å². The number of benzene rings is 1. The number of rotatable bonds is 3. The summed E-state index contributed by atoms with van der Waals surface area (Å²) in [5, 5.41) is 0.343. The minimum atomic E-state index is -0.273. The molecule has 3 rings (SSSR count). The molecule has 2 heterocycles. The average Bonchev–Trinajstić information content (AvgIpc) is 2.80. The van der Waals surface area contributed by atoms with Crippen LogP contribution in [0.4, 0.5) is 4.39 Å². The fourth-order valence-corrected chi connectivity index (χ4v) is 2.57. The highest BCUT2D eigenvalue weighted by molar-refractivity contribution is 6.33. The summed E-state index contributed by atoms with van der Waals surface area (Å²) >= 11 is 6.17. The predicted molar refractivity (Wildman–Crippen MR) is 80.8 cm³/mol. The number of aromatic nitrogens is 4. The van der Waals surface area contributed by atoms with Crippen molar-refractivity contribution >= 4 is 22.8 Å². The first kappa shape index (κ1) is 13.9. The molecule has 2 aromatic heterocycles. The Hall–Kier alpha value is -2.01. The summed E-state index contributed by atoms with van der Waals surface area (Å²) in [7, 11) is 0. The lowest BCUT2D eigenvalue weighted by atomic mass is 10.2. The van der Waals surface area contributed by atoms with Crippen LogP contribution >= 0.6 is 11.6 Å². The molecular weight excluding hydrogens is 291 g/mol. The van der Waals surface area contributed by atoms with E-state index >= 15 is 0 Å². The highest BCUT2D eigenvalue weighted by atomic mass is 35.5. The van der Waals surface area contributed by atoms with Crippen molar-refractivity contribution in [3.05, 3.63) is 41.1 Å². The van der Waals surface area contributed by atoms with Gasteiger partial charge in [0, 0.05) is 12.1 Å². The number of hydrogen-bond acceptors (Lipinski definition) is 3. The molecule has 0 spiro atoms. The van der Waals surface area contributed by atoms with Crippen molar-refractivity contribution in [3.8, 4) is 11.4 Å². The summed E-state index contributed by atoms with van der Waals surface area (Å²) in [5.74, 6) is 1.06. The summed E-state index contributed by atoms with van der Waals surface area (Å²) < 4.78 is 15.1. The van der Waals surface area contributed by atoms with Gasteiger partial charge in [0.25, 0.3) is 0 Å². The lowest BCUT2D eigenvalue weighted by molar-refractivity contribution is 0.628. The highest BCUT2D eigenvalue weighted by Crippen LogP contribution is 2.27. The molecular formula is C15H14ClFN4. The van der Waals surface area contributed by atoms with Gasteiger partial charge < -0.3 is 4.57 Å². The summed E-state index contributed by atoms with van der Waals surface area (Å²) in [6.45, 7) is 4.64. The second-order valence-electron chi connectivity index (χ2n) is 4.83. The Morgan fingerprint density at radius 2 is 1.86 bits per heavy atom. The summed E-state index contributed by atoms with van der Waals surface area (Å²) in [6, 6.07) is 6.25. The normalized spacial score (nSPS) is 11.2. The van der Waals surface area contributed by atoms with Crippen molar-refractivity contribution in [1.29, 1.82) is 0 Å². The topological polar surface area (TPSA) is 43.6 Å². The molecule has 0 aliphatic rings. The Balaban J connectivity index is 2.28. The van der Waals surface area contributed by atoms with E-state index < -0.39 is 0 Å². The lowest BCUT2D eigenvalue weighted by Crippen LogP contribution is -2.02. The minimum Gasteiger partial charge on any atom is -0.309 e. The molecule has 0 atom stereocenters. The summed E-state index contributed by atoms with van der Waals surface area (Å²) in [5.41, 5.74) is 2.13. The zero-order valence-corrected chi connectivity index (χ0v) is 12.5. The zero-order chi connectivity index (χ0) is 15.0. The third-order valence-corrected chi connectivity index (χ3v) is 3.48. The number of imidazole rings is 1. The van der Waals surface area contributed by atoms with Crippen molar-refractivity contribution in [2.75, 3.05) is 0 Å². The first-order chi connectivity index (χ1) is 10.1. The monoisotopic (exact) mass is 304 g/mol. The second-order valence-corrected chi connectivity index (χ2v) is 5.19. The third kappa shape index (κ3) is 2.49. The van der Waals surface area contributed by atoms with Crippen LogP contribution in [0.5, 0.6) is 0 Å². The van der Waals surface area contributed by atoms with E-state index in [1.54, 1.807) is 19.1 Å². The Morgan fingerprint density at radius 3 is 2.52 bits per heavy atom. The van der Waals surface area contributed by atoms with Gasteiger partial charge in [-0.25, -0.2) is 19.3 Å². The summed E-state index contributed by atoms with van der Waals surface area (Å²) in [6.07, 6.45) is 0.931. The lowest BCUT2D eigenvalue weighted by Gasteiger charge is -2.07. The molecule has 0 amide bonds. The van der Waals surface area contributed by atoms with Gasteiger partial charge in [-0.05, 0) is 37.6 Å². The SMILES string of the molecule is CCCn1c(-c2ccc(F)cc2)nc2c(Cl)nc(C)nc21. The third-order valence-electron chi connectivity index (χ3n) is 3.21. The van der Waals surface area contributed by atoms with E-state index in [0.29, 0.717) is 22.1 Å². The van der Waals surface area contributed by atoms with Crippen molar-refractivity contribution in [2.24, 2.45) is 0 Å². The van der Waals surface area contributed by atoms with Crippen LogP contribution in [0.25, 0.3) is 22.6 Å². The van der Waals surface area contributed by atoms with E-state index in [9.17, 15) is 4.39 Å². The van der Waals surface area contributed by atoms with Crippen molar-refractivity contribution < 1.29 is 4.39 Å². The highest BCUT2D eigenvalue weighted by Gasteiger charge is 2.16. The molecule has 0 aliphatic carbocycles. The molecule has 21 heavy (non-hydrogen) atoms. The first-order valence-electron chi connectivity index (χ1n) is 6.76. The van der Waals surface area contributed by atoms with E-state index in [0.717, 1.165) is 24.4 Å². The molecule has 108 valence electrons. The van der Waals surface area contributed by atoms with E-state index in [2.05, 4.69) is 21.9 Å². The quantitative estimate of drug-likeness (QED) is 0.687. The molecule has 4 nitrogen and oxygen atoms in total. The van der Waals surface area contributed by atoms with Crippen LogP contribution in [0.3, 0.4) is 0 Å². The van der Waals surface area contributed by atoms with Gasteiger partial charge in [0.1, 0.15) is 23.0 Å². The van der Waals surface area contributed by atoms with Gasteiger partial charge in [-0.15, -0.1) is 0 Å². The van der Waals surface area contributed by atoms with Crippen molar-refractivity contribution in [2.45, 2.75) is 26.8 Å². The van der Waals surface area contributed by atoms with Gasteiger partial charge in [0.2, 0.25) is 0 Å². The molecule has 0 saturated heterocycles. The molecule has 0 radical (unpaired) electrons. The van der Waals surface area contributed by atoms with Crippen LogP contribution in [0.15, 0.2) is 24.3 Å². The number of aryl methyl sites for hydroxylation is 2. The van der Waals surface area contributed by atoms with Crippen LogP contribution in [0.1, 0.15) is 19.2 Å². The van der Waals surface area contributed by atoms with Gasteiger partial charge >= 0.3 is 0 Å². The summed E-state index contributed by atoms with van der Waals surface area (Å²) in [4.78, 5) is 13.1. The first-order valence-corrected chi connectivity index (χ1v) is 7.14. The Bertz CT molecular complexity index is 796. The number of nitrogens with zero attached hydrogens (tertiary/aromatic N) is 4. The van der Waals surface area contributed by atoms with Crippen LogP contribution in [-0.2, 0) is 6.54 Å². The van der Waals surface area contributed by atoms with E-state index in [1.807, 2.05) is 4.57 Å². The van der Waals surface area contributed by atoms with Gasteiger partial charge in [-0.2, -0.15) is 0 Å². The van der Waals surface area contributed by atoms with Gasteiger partial charge in [0.05, 0.1) is 0 Å². The van der Waals surface area contributed by atoms with Crippen LogP contribution in [-0.4, -0.2) is 19.5 Å². The van der Waals surface area contributed by atoms with E-state index in [-0.39, 0.29) is 5.82 Å². The standard InChI is InChI=1S/C15H14ClFN4/c1-3-8-21-14(10-4-6-11(17)7-5-10)20-12-13(16)18-9(2)19-15(12)21/h4-7H,3,8H2,1-2H3. The van der Waals surface area contributed by atoms with E-state index in [4.69, 9.17) is 11.6 Å². The molecule has 6 heteroatoms. The Labute approximate surface area is 126 Å². The smallest absolute Gasteiger partial charge is 0.165 e. The molecule has 0 N–H and O–H groups in total. The van der Waals surface area contributed by atoms with Crippen molar-refractivity contribution in [3.63, 3.8) is 0 Å². The fraction of sp³-hybridized carbons (Fsp3) is 0.267. The molecule has 1 aromatic carbocycles. The maximum atomic E-state index is 13.1. The minimum absolute atomic E-state index is 0.273. The largest absolute Gasteiger partial charge is 0.309 e. The molecule has 0 unspecified atom stereocenters. The van der Waals surface area contributed by atoms with Gasteiger partial charge in [0.15, 0.2) is 10.8 Å². The number of fused-ring (bicyclic) bond motifs is 1. The fourth-order valence-electron chi connectivity index (χ4n) is 2.32. The second kappa shape index (κ2) is 5.41. The predicted octanol–water partition coefficient (Wildman–Crippen LogP) is 4.00. The molecule has 0 aliphatic heterocycles. The maximum Gasteiger partial charge on any atom is 0.165 e.